The van der Waals surface area contributed by atoms with E-state index in [9.17, 15) is 9.59 Å². The molecule has 3 amide bonds. The largest absolute Gasteiger partial charge is 0.338 e. The van der Waals surface area contributed by atoms with Crippen LogP contribution in [0.25, 0.3) is 0 Å². The highest BCUT2D eigenvalue weighted by Crippen LogP contribution is 2.02. The number of piperazine rings is 1. The molecule has 0 aliphatic carbocycles. The monoisotopic (exact) mass is 256 g/mol. The standard InChI is InChI=1S/C12H24N4O2/c1-3-5-13-10-11(17)15-6-8-16(9-7-15)12(18)14-4-2/h13H,3-10H2,1-2H3,(H,14,18). The Morgan fingerprint density at radius 3 is 2.22 bits per heavy atom. The van der Waals surface area contributed by atoms with Gasteiger partial charge in [-0.2, -0.15) is 0 Å². The number of rotatable bonds is 5. The molecule has 1 saturated heterocycles. The molecule has 0 spiro atoms. The van der Waals surface area contributed by atoms with Crippen LogP contribution in [0.15, 0.2) is 0 Å². The van der Waals surface area contributed by atoms with Gasteiger partial charge in [0.25, 0.3) is 0 Å². The van der Waals surface area contributed by atoms with Crippen LogP contribution in [0.5, 0.6) is 0 Å². The van der Waals surface area contributed by atoms with Crippen LogP contribution >= 0.6 is 0 Å². The van der Waals surface area contributed by atoms with Gasteiger partial charge in [0.1, 0.15) is 0 Å². The zero-order valence-corrected chi connectivity index (χ0v) is 11.4. The molecule has 1 heterocycles. The zero-order chi connectivity index (χ0) is 13.4. The van der Waals surface area contributed by atoms with Gasteiger partial charge in [-0.1, -0.05) is 6.92 Å². The molecule has 0 aromatic carbocycles. The fraction of sp³-hybridized carbons (Fsp3) is 0.833. The smallest absolute Gasteiger partial charge is 0.317 e. The van der Waals surface area contributed by atoms with Crippen LogP contribution in [0.2, 0.25) is 0 Å². The predicted molar refractivity (Wildman–Crippen MR) is 70.4 cm³/mol. The molecule has 6 heteroatoms. The van der Waals surface area contributed by atoms with Gasteiger partial charge in [-0.3, -0.25) is 4.79 Å². The van der Waals surface area contributed by atoms with Crippen LogP contribution in [0.3, 0.4) is 0 Å². The summed E-state index contributed by atoms with van der Waals surface area (Å²) >= 11 is 0. The first kappa shape index (κ1) is 14.8. The highest BCUT2D eigenvalue weighted by Gasteiger charge is 2.23. The molecule has 18 heavy (non-hydrogen) atoms. The summed E-state index contributed by atoms with van der Waals surface area (Å²) in [6, 6.07) is -0.0336. The predicted octanol–water partition coefficient (Wildman–Crippen LogP) is -0.140. The summed E-state index contributed by atoms with van der Waals surface area (Å²) in [6.45, 7) is 8.36. The number of carbonyl (C=O) groups is 2. The second-order valence-electron chi connectivity index (χ2n) is 4.38. The van der Waals surface area contributed by atoms with Gasteiger partial charge < -0.3 is 20.4 Å². The molecule has 1 fully saturated rings. The van der Waals surface area contributed by atoms with Crippen molar-refractivity contribution in [3.63, 3.8) is 0 Å². The number of hydrogen-bond acceptors (Lipinski definition) is 3. The molecule has 0 aromatic rings. The summed E-state index contributed by atoms with van der Waals surface area (Å²) in [5, 5.41) is 5.87. The molecule has 0 atom stereocenters. The van der Waals surface area contributed by atoms with Gasteiger partial charge in [-0.25, -0.2) is 4.79 Å². The molecule has 1 rings (SSSR count). The van der Waals surface area contributed by atoms with Crippen molar-refractivity contribution in [2.45, 2.75) is 20.3 Å². The molecular weight excluding hydrogens is 232 g/mol. The van der Waals surface area contributed by atoms with E-state index >= 15 is 0 Å². The van der Waals surface area contributed by atoms with Crippen molar-refractivity contribution < 1.29 is 9.59 Å². The molecule has 1 aliphatic heterocycles. The van der Waals surface area contributed by atoms with Crippen LogP contribution in [0, 0.1) is 0 Å². The first-order valence-corrected chi connectivity index (χ1v) is 6.70. The Morgan fingerprint density at radius 1 is 1.06 bits per heavy atom. The second-order valence-corrected chi connectivity index (χ2v) is 4.38. The normalized spacial score (nSPS) is 15.7. The Kier molecular flexibility index (Phi) is 6.49. The van der Waals surface area contributed by atoms with E-state index in [-0.39, 0.29) is 11.9 Å². The van der Waals surface area contributed by atoms with Crippen LogP contribution in [-0.4, -0.2) is 67.6 Å². The van der Waals surface area contributed by atoms with E-state index in [1.54, 1.807) is 4.90 Å². The Balaban J connectivity index is 2.26. The average molecular weight is 256 g/mol. The molecule has 0 bridgehead atoms. The maximum atomic E-state index is 11.8. The van der Waals surface area contributed by atoms with Crippen molar-refractivity contribution >= 4 is 11.9 Å². The number of nitrogens with one attached hydrogen (secondary N) is 2. The Bertz CT molecular complexity index is 275. The minimum Gasteiger partial charge on any atom is -0.338 e. The highest BCUT2D eigenvalue weighted by atomic mass is 16.2. The lowest BCUT2D eigenvalue weighted by Crippen LogP contribution is -2.54. The van der Waals surface area contributed by atoms with Crippen LogP contribution in [0.4, 0.5) is 4.79 Å². The van der Waals surface area contributed by atoms with Crippen LogP contribution in [0.1, 0.15) is 20.3 Å². The maximum absolute atomic E-state index is 11.8. The Labute approximate surface area is 109 Å². The first-order chi connectivity index (χ1) is 8.69. The van der Waals surface area contributed by atoms with Crippen molar-refractivity contribution in [1.29, 1.82) is 0 Å². The first-order valence-electron chi connectivity index (χ1n) is 6.70. The Morgan fingerprint density at radius 2 is 1.67 bits per heavy atom. The van der Waals surface area contributed by atoms with E-state index in [0.717, 1.165) is 13.0 Å². The van der Waals surface area contributed by atoms with Gasteiger partial charge in [0.05, 0.1) is 6.54 Å². The van der Waals surface area contributed by atoms with E-state index in [2.05, 4.69) is 17.6 Å². The van der Waals surface area contributed by atoms with Crippen LogP contribution < -0.4 is 10.6 Å². The van der Waals surface area contributed by atoms with Crippen molar-refractivity contribution in [2.24, 2.45) is 0 Å². The number of hydrogen-bond donors (Lipinski definition) is 2. The number of carbonyl (C=O) groups excluding carboxylic acids is 2. The van der Waals surface area contributed by atoms with Gasteiger partial charge >= 0.3 is 6.03 Å². The molecule has 0 radical (unpaired) electrons. The lowest BCUT2D eigenvalue weighted by atomic mass is 10.3. The van der Waals surface area contributed by atoms with E-state index < -0.39 is 0 Å². The van der Waals surface area contributed by atoms with Gasteiger partial charge in [0, 0.05) is 32.7 Å². The minimum absolute atomic E-state index is 0.0336. The molecule has 1 aliphatic rings. The van der Waals surface area contributed by atoms with E-state index in [4.69, 9.17) is 0 Å². The third-order valence-corrected chi connectivity index (χ3v) is 2.95. The molecule has 2 N–H and O–H groups in total. The van der Waals surface area contributed by atoms with E-state index in [1.165, 1.54) is 0 Å². The fourth-order valence-electron chi connectivity index (χ4n) is 1.91. The summed E-state index contributed by atoms with van der Waals surface area (Å²) in [4.78, 5) is 27.0. The quantitative estimate of drug-likeness (QED) is 0.673. The molecule has 104 valence electrons. The lowest BCUT2D eigenvalue weighted by Gasteiger charge is -2.34. The average Bonchev–Trinajstić information content (AvgIpc) is 2.39. The summed E-state index contributed by atoms with van der Waals surface area (Å²) in [5.41, 5.74) is 0. The van der Waals surface area contributed by atoms with Gasteiger partial charge in [0.15, 0.2) is 0 Å². The molecular formula is C12H24N4O2. The van der Waals surface area contributed by atoms with E-state index in [1.807, 2.05) is 11.8 Å². The van der Waals surface area contributed by atoms with Crippen LogP contribution in [-0.2, 0) is 4.79 Å². The number of nitrogens with zero attached hydrogens (tertiary/aromatic N) is 2. The molecule has 6 nitrogen and oxygen atoms in total. The Hall–Kier alpha value is -1.30. The minimum atomic E-state index is -0.0336. The fourth-order valence-corrected chi connectivity index (χ4v) is 1.91. The lowest BCUT2D eigenvalue weighted by molar-refractivity contribution is -0.131. The van der Waals surface area contributed by atoms with Crippen molar-refractivity contribution in [3.8, 4) is 0 Å². The summed E-state index contributed by atoms with van der Waals surface area (Å²) in [5.74, 6) is 0.124. The van der Waals surface area contributed by atoms with Gasteiger partial charge in [-0.05, 0) is 19.9 Å². The topological polar surface area (TPSA) is 64.7 Å². The van der Waals surface area contributed by atoms with Crippen molar-refractivity contribution in [2.75, 3.05) is 45.8 Å². The van der Waals surface area contributed by atoms with Crippen molar-refractivity contribution in [3.05, 3.63) is 0 Å². The molecule has 0 aromatic heterocycles. The summed E-state index contributed by atoms with van der Waals surface area (Å²) < 4.78 is 0. The number of urea groups is 1. The molecule has 0 unspecified atom stereocenters. The third-order valence-electron chi connectivity index (χ3n) is 2.95. The molecule has 0 saturated carbocycles. The van der Waals surface area contributed by atoms with Gasteiger partial charge in [-0.15, -0.1) is 0 Å². The number of amides is 3. The SMILES string of the molecule is CCCNCC(=O)N1CCN(C(=O)NCC)CC1. The third kappa shape index (κ3) is 4.52. The highest BCUT2D eigenvalue weighted by molar-refractivity contribution is 5.79. The second kappa shape index (κ2) is 7.92. The zero-order valence-electron chi connectivity index (χ0n) is 11.4. The maximum Gasteiger partial charge on any atom is 0.317 e. The van der Waals surface area contributed by atoms with Crippen molar-refractivity contribution in [1.82, 2.24) is 20.4 Å². The van der Waals surface area contributed by atoms with Gasteiger partial charge in [0.2, 0.25) is 5.91 Å². The summed E-state index contributed by atoms with van der Waals surface area (Å²) in [7, 11) is 0. The van der Waals surface area contributed by atoms with E-state index in [0.29, 0.717) is 39.3 Å². The summed E-state index contributed by atoms with van der Waals surface area (Å²) in [6.07, 6.45) is 1.03.